The highest BCUT2D eigenvalue weighted by Crippen LogP contribution is 2.27. The van der Waals surface area contributed by atoms with Crippen molar-refractivity contribution in [3.63, 3.8) is 0 Å². The minimum Gasteiger partial charge on any atom is -0.456 e. The van der Waals surface area contributed by atoms with Gasteiger partial charge in [0.15, 0.2) is 0 Å². The lowest BCUT2D eigenvalue weighted by Crippen LogP contribution is -2.44. The van der Waals surface area contributed by atoms with E-state index in [9.17, 15) is 9.59 Å². The van der Waals surface area contributed by atoms with E-state index < -0.39 is 0 Å². The van der Waals surface area contributed by atoms with Crippen molar-refractivity contribution in [1.29, 1.82) is 0 Å². The first-order chi connectivity index (χ1) is 19.8. The second kappa shape index (κ2) is 12.4. The number of likely N-dealkylation sites (N-methyl/N-ethyl adjacent to an activating group) is 1. The van der Waals surface area contributed by atoms with Crippen LogP contribution in [0.4, 0.5) is 5.69 Å². The Bertz CT molecular complexity index is 1520. The smallest absolute Gasteiger partial charge is 0.355 e. The minimum absolute atomic E-state index is 0.0838. The summed E-state index contributed by atoms with van der Waals surface area (Å²) in [5.74, 6) is -0.451. The number of carbonyl (C=O) groups is 2. The van der Waals surface area contributed by atoms with Crippen LogP contribution >= 0.6 is 0 Å². The number of benzene rings is 3. The van der Waals surface area contributed by atoms with Crippen LogP contribution in [0.25, 0.3) is 11.1 Å². The van der Waals surface area contributed by atoms with Crippen molar-refractivity contribution in [2.24, 2.45) is 7.05 Å². The van der Waals surface area contributed by atoms with E-state index in [1.807, 2.05) is 93.8 Å². The van der Waals surface area contributed by atoms with Crippen molar-refractivity contribution >= 4 is 17.6 Å². The number of piperazine rings is 1. The molecule has 7 heteroatoms. The molecule has 5 rings (SSSR count). The second-order valence-electron chi connectivity index (χ2n) is 10.9. The summed E-state index contributed by atoms with van der Waals surface area (Å²) in [6.45, 7) is 8.14. The van der Waals surface area contributed by atoms with Crippen molar-refractivity contribution < 1.29 is 14.3 Å². The zero-order valence-electron chi connectivity index (χ0n) is 24.3. The number of anilines is 1. The second-order valence-corrected chi connectivity index (χ2v) is 10.9. The number of amides is 1. The van der Waals surface area contributed by atoms with Crippen molar-refractivity contribution in [1.82, 2.24) is 14.8 Å². The summed E-state index contributed by atoms with van der Waals surface area (Å²) in [7, 11) is 3.98. The number of nitrogens with one attached hydrogen (secondary N) is 1. The predicted octanol–water partition coefficient (Wildman–Crippen LogP) is 5.60. The monoisotopic (exact) mass is 550 g/mol. The van der Waals surface area contributed by atoms with E-state index in [0.29, 0.717) is 11.3 Å². The van der Waals surface area contributed by atoms with Crippen LogP contribution in [0.5, 0.6) is 0 Å². The first-order valence-corrected chi connectivity index (χ1v) is 14.1. The van der Waals surface area contributed by atoms with Gasteiger partial charge in [0.1, 0.15) is 12.3 Å². The molecule has 4 aromatic rings. The summed E-state index contributed by atoms with van der Waals surface area (Å²) in [6.07, 6.45) is 1.93. The third kappa shape index (κ3) is 6.69. The SMILES string of the molecule is Cc1ccc(N2CCN(C)CC2)cc1C(=O)NC(C)c1cccc(-c2cc(C(=O)OCc3ccccc3)n(C)c2)c1. The summed E-state index contributed by atoms with van der Waals surface area (Å²) in [4.78, 5) is 30.8. The summed E-state index contributed by atoms with van der Waals surface area (Å²) in [6, 6.07) is 25.5. The molecule has 7 nitrogen and oxygen atoms in total. The number of rotatable bonds is 8. The Balaban J connectivity index is 1.27. The number of aryl methyl sites for hydroxylation is 2. The maximum Gasteiger partial charge on any atom is 0.355 e. The third-order valence-electron chi connectivity index (χ3n) is 7.83. The van der Waals surface area contributed by atoms with Crippen LogP contribution in [0.2, 0.25) is 0 Å². The molecule has 1 aliphatic rings. The fraction of sp³-hybridized carbons (Fsp3) is 0.294. The molecule has 3 aromatic carbocycles. The first-order valence-electron chi connectivity index (χ1n) is 14.1. The van der Waals surface area contributed by atoms with E-state index in [2.05, 4.69) is 34.3 Å². The van der Waals surface area contributed by atoms with Gasteiger partial charge in [0.05, 0.1) is 6.04 Å². The lowest BCUT2D eigenvalue weighted by Gasteiger charge is -2.34. The van der Waals surface area contributed by atoms with Gasteiger partial charge in [0.25, 0.3) is 5.91 Å². The van der Waals surface area contributed by atoms with Gasteiger partial charge in [-0.3, -0.25) is 4.79 Å². The molecule has 0 spiro atoms. The Morgan fingerprint density at radius 2 is 1.63 bits per heavy atom. The summed E-state index contributed by atoms with van der Waals surface area (Å²) in [5, 5.41) is 3.19. The Morgan fingerprint density at radius 1 is 0.878 bits per heavy atom. The molecule has 2 heterocycles. The van der Waals surface area contributed by atoms with Crippen LogP contribution in [0.15, 0.2) is 85.1 Å². The molecular formula is C34H38N4O3. The van der Waals surface area contributed by atoms with E-state index in [-0.39, 0.29) is 24.5 Å². The fourth-order valence-corrected chi connectivity index (χ4v) is 5.18. The highest BCUT2D eigenvalue weighted by Gasteiger charge is 2.19. The zero-order valence-corrected chi connectivity index (χ0v) is 24.3. The normalized spacial score (nSPS) is 14.5. The summed E-state index contributed by atoms with van der Waals surface area (Å²) < 4.78 is 7.33. The first kappa shape index (κ1) is 28.2. The van der Waals surface area contributed by atoms with Crippen molar-refractivity contribution in [2.75, 3.05) is 38.1 Å². The van der Waals surface area contributed by atoms with E-state index >= 15 is 0 Å². The topological polar surface area (TPSA) is 66.8 Å². The van der Waals surface area contributed by atoms with E-state index in [4.69, 9.17) is 4.74 Å². The van der Waals surface area contributed by atoms with E-state index in [1.165, 1.54) is 0 Å². The van der Waals surface area contributed by atoms with Gasteiger partial charge in [0.2, 0.25) is 0 Å². The Hall–Kier alpha value is -4.36. The summed E-state index contributed by atoms with van der Waals surface area (Å²) >= 11 is 0. The molecular weight excluding hydrogens is 512 g/mol. The van der Waals surface area contributed by atoms with Gasteiger partial charge in [-0.25, -0.2) is 4.79 Å². The largest absolute Gasteiger partial charge is 0.456 e. The van der Waals surface area contributed by atoms with Crippen LogP contribution in [0, 0.1) is 6.92 Å². The maximum absolute atomic E-state index is 13.4. The highest BCUT2D eigenvalue weighted by atomic mass is 16.5. The molecule has 0 aliphatic carbocycles. The number of nitrogens with zero attached hydrogens (tertiary/aromatic N) is 3. The molecule has 0 saturated carbocycles. The molecule has 1 fully saturated rings. The Kier molecular flexibility index (Phi) is 8.55. The Labute approximate surface area is 242 Å². The lowest BCUT2D eigenvalue weighted by molar-refractivity contribution is 0.0461. The van der Waals surface area contributed by atoms with Gasteiger partial charge in [-0.1, -0.05) is 54.6 Å². The maximum atomic E-state index is 13.4. The quantitative estimate of drug-likeness (QED) is 0.289. The number of hydrogen-bond donors (Lipinski definition) is 1. The van der Waals surface area contributed by atoms with Crippen molar-refractivity contribution in [2.45, 2.75) is 26.5 Å². The molecule has 0 bridgehead atoms. The van der Waals surface area contributed by atoms with Gasteiger partial charge in [-0.2, -0.15) is 0 Å². The van der Waals surface area contributed by atoms with Crippen LogP contribution in [-0.2, 0) is 18.4 Å². The molecule has 1 unspecified atom stereocenters. The standard InChI is InChI=1S/C34H38N4O3/c1-24-13-14-30(38-17-15-36(3)16-18-38)21-31(24)33(39)35-25(2)27-11-8-12-28(19-27)29-20-32(37(4)22-29)34(40)41-23-26-9-6-5-7-10-26/h5-14,19-22,25H,15-18,23H2,1-4H3,(H,35,39). The number of ether oxygens (including phenoxy) is 1. The van der Waals surface area contributed by atoms with Crippen molar-refractivity contribution in [3.8, 4) is 11.1 Å². The van der Waals surface area contributed by atoms with Crippen LogP contribution in [0.3, 0.4) is 0 Å². The lowest BCUT2D eigenvalue weighted by atomic mass is 10.0. The van der Waals surface area contributed by atoms with Gasteiger partial charge in [0, 0.05) is 56.2 Å². The van der Waals surface area contributed by atoms with Crippen molar-refractivity contribution in [3.05, 3.63) is 113 Å². The molecule has 1 N–H and O–H groups in total. The van der Waals surface area contributed by atoms with E-state index in [1.54, 1.807) is 4.57 Å². The molecule has 1 aliphatic heterocycles. The van der Waals surface area contributed by atoms with Gasteiger partial charge in [-0.05, 0) is 67.4 Å². The molecule has 212 valence electrons. The molecule has 0 radical (unpaired) electrons. The number of aromatic nitrogens is 1. The number of hydrogen-bond acceptors (Lipinski definition) is 5. The number of carbonyl (C=O) groups excluding carboxylic acids is 2. The van der Waals surface area contributed by atoms with Gasteiger partial charge >= 0.3 is 5.97 Å². The zero-order chi connectivity index (χ0) is 28.9. The summed E-state index contributed by atoms with van der Waals surface area (Å²) in [5.41, 5.74) is 7.04. The molecule has 1 saturated heterocycles. The fourth-order valence-electron chi connectivity index (χ4n) is 5.18. The van der Waals surface area contributed by atoms with Gasteiger partial charge in [-0.15, -0.1) is 0 Å². The van der Waals surface area contributed by atoms with Crippen LogP contribution < -0.4 is 10.2 Å². The molecule has 1 aromatic heterocycles. The highest BCUT2D eigenvalue weighted by molar-refractivity contribution is 5.97. The third-order valence-corrected chi connectivity index (χ3v) is 7.83. The molecule has 1 atom stereocenters. The minimum atomic E-state index is -0.367. The average molecular weight is 551 g/mol. The van der Waals surface area contributed by atoms with Crippen LogP contribution in [-0.4, -0.2) is 54.6 Å². The molecule has 41 heavy (non-hydrogen) atoms. The van der Waals surface area contributed by atoms with E-state index in [0.717, 1.165) is 59.7 Å². The predicted molar refractivity (Wildman–Crippen MR) is 163 cm³/mol. The molecule has 1 amide bonds. The average Bonchev–Trinajstić information content (AvgIpc) is 3.38. The Morgan fingerprint density at radius 3 is 2.39 bits per heavy atom. The van der Waals surface area contributed by atoms with Crippen LogP contribution in [0.1, 0.15) is 50.5 Å². The van der Waals surface area contributed by atoms with Gasteiger partial charge < -0.3 is 24.4 Å². The number of esters is 1.